The minimum Gasteiger partial charge on any atom is -0.392 e. The standard InChI is InChI=1S/C11H10ClNO/c12-11-5-4-9(8-14)7-10(11)3-1-2-6-13/h1,3-5,7,14H,2,8H2. The SMILES string of the molecule is N#CCC=Cc1cc(CO)ccc1Cl. The Morgan fingerprint density at radius 3 is 2.93 bits per heavy atom. The van der Waals surface area contributed by atoms with Crippen molar-refractivity contribution >= 4 is 17.7 Å². The van der Waals surface area contributed by atoms with Gasteiger partial charge in [-0.2, -0.15) is 5.26 Å². The number of rotatable bonds is 3. The molecule has 0 amide bonds. The third-order valence-electron chi connectivity index (χ3n) is 1.75. The first-order valence-electron chi connectivity index (χ1n) is 4.20. The van der Waals surface area contributed by atoms with E-state index < -0.39 is 0 Å². The first-order chi connectivity index (χ1) is 6.77. The van der Waals surface area contributed by atoms with Crippen molar-refractivity contribution < 1.29 is 5.11 Å². The molecule has 0 unspecified atom stereocenters. The maximum absolute atomic E-state index is 8.91. The lowest BCUT2D eigenvalue weighted by Gasteiger charge is -2.00. The second kappa shape index (κ2) is 5.43. The molecule has 0 aliphatic carbocycles. The number of allylic oxidation sites excluding steroid dienone is 1. The van der Waals surface area contributed by atoms with Crippen molar-refractivity contribution in [2.75, 3.05) is 0 Å². The third kappa shape index (κ3) is 2.88. The minimum atomic E-state index is -0.00371. The quantitative estimate of drug-likeness (QED) is 0.829. The maximum Gasteiger partial charge on any atom is 0.0682 e. The van der Waals surface area contributed by atoms with Crippen LogP contribution < -0.4 is 0 Å². The van der Waals surface area contributed by atoms with Crippen LogP contribution in [-0.2, 0) is 6.61 Å². The summed E-state index contributed by atoms with van der Waals surface area (Å²) in [6.45, 7) is -0.00371. The van der Waals surface area contributed by atoms with Crippen LogP contribution in [-0.4, -0.2) is 5.11 Å². The summed E-state index contributed by atoms with van der Waals surface area (Å²) in [7, 11) is 0. The van der Waals surface area contributed by atoms with Gasteiger partial charge in [-0.05, 0) is 23.3 Å². The lowest BCUT2D eigenvalue weighted by molar-refractivity contribution is 0.282. The van der Waals surface area contributed by atoms with Gasteiger partial charge in [0, 0.05) is 5.02 Å². The summed E-state index contributed by atoms with van der Waals surface area (Å²) in [5, 5.41) is 17.9. The highest BCUT2D eigenvalue weighted by Crippen LogP contribution is 2.19. The van der Waals surface area contributed by atoms with E-state index in [1.165, 1.54) is 0 Å². The zero-order valence-corrected chi connectivity index (χ0v) is 8.33. The number of hydrogen-bond acceptors (Lipinski definition) is 2. The molecule has 0 saturated heterocycles. The molecule has 1 aromatic rings. The highest BCUT2D eigenvalue weighted by Gasteiger charge is 1.97. The molecule has 0 saturated carbocycles. The molecule has 0 atom stereocenters. The molecular formula is C11H10ClNO. The molecule has 14 heavy (non-hydrogen) atoms. The number of aliphatic hydroxyl groups is 1. The number of benzene rings is 1. The Morgan fingerprint density at radius 2 is 2.29 bits per heavy atom. The molecule has 3 heteroatoms. The van der Waals surface area contributed by atoms with E-state index in [4.69, 9.17) is 22.0 Å². The van der Waals surface area contributed by atoms with Gasteiger partial charge >= 0.3 is 0 Å². The van der Waals surface area contributed by atoms with E-state index in [1.807, 2.05) is 6.07 Å². The molecule has 0 aliphatic heterocycles. The van der Waals surface area contributed by atoms with Crippen LogP contribution in [0.15, 0.2) is 24.3 Å². The predicted octanol–water partition coefficient (Wildman–Crippen LogP) is 2.76. The zero-order chi connectivity index (χ0) is 10.4. The van der Waals surface area contributed by atoms with Gasteiger partial charge in [0.2, 0.25) is 0 Å². The van der Waals surface area contributed by atoms with E-state index in [9.17, 15) is 0 Å². The third-order valence-corrected chi connectivity index (χ3v) is 2.09. The van der Waals surface area contributed by atoms with Crippen LogP contribution in [0.2, 0.25) is 5.02 Å². The Bertz CT molecular complexity index is 379. The van der Waals surface area contributed by atoms with Gasteiger partial charge < -0.3 is 5.11 Å². The molecule has 1 N–H and O–H groups in total. The molecule has 0 heterocycles. The van der Waals surface area contributed by atoms with Gasteiger partial charge in [0.25, 0.3) is 0 Å². The summed E-state index contributed by atoms with van der Waals surface area (Å²) >= 11 is 5.92. The molecule has 0 bridgehead atoms. The fourth-order valence-corrected chi connectivity index (χ4v) is 1.24. The number of halogens is 1. The van der Waals surface area contributed by atoms with Crippen LogP contribution in [0, 0.1) is 11.3 Å². The number of aliphatic hydroxyl groups excluding tert-OH is 1. The van der Waals surface area contributed by atoms with Crippen molar-refractivity contribution in [3.63, 3.8) is 0 Å². The normalized spacial score (nSPS) is 10.4. The van der Waals surface area contributed by atoms with Crippen LogP contribution >= 0.6 is 11.6 Å². The zero-order valence-electron chi connectivity index (χ0n) is 7.57. The van der Waals surface area contributed by atoms with Crippen LogP contribution in [0.5, 0.6) is 0 Å². The van der Waals surface area contributed by atoms with Crippen LogP contribution in [0.25, 0.3) is 6.08 Å². The first-order valence-corrected chi connectivity index (χ1v) is 4.58. The summed E-state index contributed by atoms with van der Waals surface area (Å²) in [5.74, 6) is 0. The molecule has 0 fully saturated rings. The van der Waals surface area contributed by atoms with Gasteiger partial charge in [-0.25, -0.2) is 0 Å². The minimum absolute atomic E-state index is 0.00371. The van der Waals surface area contributed by atoms with E-state index in [1.54, 1.807) is 30.4 Å². The number of nitrogens with zero attached hydrogens (tertiary/aromatic N) is 1. The highest BCUT2D eigenvalue weighted by molar-refractivity contribution is 6.32. The van der Waals surface area contributed by atoms with E-state index in [-0.39, 0.29) is 6.61 Å². The highest BCUT2D eigenvalue weighted by atomic mass is 35.5. The first kappa shape index (κ1) is 10.8. The summed E-state index contributed by atoms with van der Waals surface area (Å²) in [4.78, 5) is 0. The Kier molecular flexibility index (Phi) is 4.18. The molecule has 0 aliphatic rings. The number of nitriles is 1. The summed E-state index contributed by atoms with van der Waals surface area (Å²) < 4.78 is 0. The average molecular weight is 208 g/mol. The summed E-state index contributed by atoms with van der Waals surface area (Å²) in [5.41, 5.74) is 1.64. The smallest absolute Gasteiger partial charge is 0.0682 e. The van der Waals surface area contributed by atoms with Crippen molar-refractivity contribution in [1.82, 2.24) is 0 Å². The van der Waals surface area contributed by atoms with Crippen molar-refractivity contribution in [3.8, 4) is 6.07 Å². The van der Waals surface area contributed by atoms with E-state index >= 15 is 0 Å². The monoisotopic (exact) mass is 207 g/mol. The Balaban J connectivity index is 2.90. The van der Waals surface area contributed by atoms with Gasteiger partial charge in [0.05, 0.1) is 19.1 Å². The predicted molar refractivity (Wildman–Crippen MR) is 56.6 cm³/mol. The van der Waals surface area contributed by atoms with Gasteiger partial charge in [-0.3, -0.25) is 0 Å². The van der Waals surface area contributed by atoms with Crippen molar-refractivity contribution in [2.24, 2.45) is 0 Å². The molecule has 72 valence electrons. The molecule has 1 aromatic carbocycles. The van der Waals surface area contributed by atoms with E-state index in [2.05, 4.69) is 0 Å². The second-order valence-electron chi connectivity index (χ2n) is 2.78. The van der Waals surface area contributed by atoms with E-state index in [0.717, 1.165) is 11.1 Å². The van der Waals surface area contributed by atoms with Gasteiger partial charge in [0.15, 0.2) is 0 Å². The molecular weight excluding hydrogens is 198 g/mol. The van der Waals surface area contributed by atoms with Crippen molar-refractivity contribution in [3.05, 3.63) is 40.4 Å². The summed E-state index contributed by atoms with van der Waals surface area (Å²) in [6.07, 6.45) is 3.88. The lowest BCUT2D eigenvalue weighted by atomic mass is 10.1. The fraction of sp³-hybridized carbons (Fsp3) is 0.182. The molecule has 0 radical (unpaired) electrons. The van der Waals surface area contributed by atoms with Gasteiger partial charge in [-0.1, -0.05) is 29.8 Å². The van der Waals surface area contributed by atoms with Gasteiger partial charge in [-0.15, -0.1) is 0 Å². The average Bonchev–Trinajstić information content (AvgIpc) is 2.21. The largest absolute Gasteiger partial charge is 0.392 e. The molecule has 2 nitrogen and oxygen atoms in total. The Labute approximate surface area is 88.1 Å². The van der Waals surface area contributed by atoms with Gasteiger partial charge in [0.1, 0.15) is 0 Å². The topological polar surface area (TPSA) is 44.0 Å². The van der Waals surface area contributed by atoms with Crippen LogP contribution in [0.4, 0.5) is 0 Å². The number of hydrogen-bond donors (Lipinski definition) is 1. The molecule has 0 aromatic heterocycles. The van der Waals surface area contributed by atoms with Crippen LogP contribution in [0.1, 0.15) is 17.5 Å². The van der Waals surface area contributed by atoms with Crippen molar-refractivity contribution in [1.29, 1.82) is 5.26 Å². The fourth-order valence-electron chi connectivity index (χ4n) is 1.06. The van der Waals surface area contributed by atoms with E-state index in [0.29, 0.717) is 11.4 Å². The second-order valence-corrected chi connectivity index (χ2v) is 3.19. The van der Waals surface area contributed by atoms with Crippen LogP contribution in [0.3, 0.4) is 0 Å². The molecule has 1 rings (SSSR count). The summed E-state index contributed by atoms with van der Waals surface area (Å²) in [6, 6.07) is 7.31. The lowest BCUT2D eigenvalue weighted by Crippen LogP contribution is -1.84. The molecule has 0 spiro atoms. The van der Waals surface area contributed by atoms with Crippen molar-refractivity contribution in [2.45, 2.75) is 13.0 Å². The Hall–Kier alpha value is -1.30. The maximum atomic E-state index is 8.91. The Morgan fingerprint density at radius 1 is 1.50 bits per heavy atom.